The van der Waals surface area contributed by atoms with E-state index < -0.39 is 11.5 Å². The molecular formula is C19H30N2O4. The minimum Gasteiger partial charge on any atom is -0.493 e. The summed E-state index contributed by atoms with van der Waals surface area (Å²) in [6.45, 7) is 4.07. The second kappa shape index (κ2) is 10.7. The predicted octanol–water partition coefficient (Wildman–Crippen LogP) is 3.27. The van der Waals surface area contributed by atoms with Gasteiger partial charge in [0, 0.05) is 0 Å². The summed E-state index contributed by atoms with van der Waals surface area (Å²) in [6, 6.07) is 5.33. The molecule has 1 amide bonds. The molecule has 6 heteroatoms. The lowest BCUT2D eigenvalue weighted by Gasteiger charge is -2.25. The van der Waals surface area contributed by atoms with Gasteiger partial charge in [0.25, 0.3) is 5.91 Å². The van der Waals surface area contributed by atoms with Gasteiger partial charge in [-0.25, -0.2) is 5.43 Å². The molecule has 0 bridgehead atoms. The molecule has 0 heterocycles. The van der Waals surface area contributed by atoms with Crippen molar-refractivity contribution in [1.82, 2.24) is 5.43 Å². The number of hydrogen-bond donors (Lipinski definition) is 2. The number of carbonyl (C=O) groups is 1. The van der Waals surface area contributed by atoms with Crippen molar-refractivity contribution >= 4 is 12.1 Å². The molecule has 0 aromatic heterocycles. The Hall–Kier alpha value is -2.08. The van der Waals surface area contributed by atoms with E-state index in [1.165, 1.54) is 6.21 Å². The largest absolute Gasteiger partial charge is 0.493 e. The monoisotopic (exact) mass is 350 g/mol. The second-order valence-electron chi connectivity index (χ2n) is 6.05. The second-order valence-corrected chi connectivity index (χ2v) is 6.05. The molecule has 0 aliphatic heterocycles. The number of ether oxygens (including phenoxy) is 2. The highest BCUT2D eigenvalue weighted by atomic mass is 16.5. The predicted molar refractivity (Wildman–Crippen MR) is 99.3 cm³/mol. The summed E-state index contributed by atoms with van der Waals surface area (Å²) in [5, 5.41) is 14.6. The summed E-state index contributed by atoms with van der Waals surface area (Å²) in [6.07, 6.45) is 5.86. The fourth-order valence-electron chi connectivity index (χ4n) is 2.49. The molecule has 0 saturated heterocycles. The molecule has 25 heavy (non-hydrogen) atoms. The van der Waals surface area contributed by atoms with E-state index in [1.807, 2.05) is 13.8 Å². The van der Waals surface area contributed by atoms with Gasteiger partial charge in [0.1, 0.15) is 5.60 Å². The van der Waals surface area contributed by atoms with Crippen LogP contribution in [0.3, 0.4) is 0 Å². The van der Waals surface area contributed by atoms with Crippen molar-refractivity contribution in [3.63, 3.8) is 0 Å². The van der Waals surface area contributed by atoms with Gasteiger partial charge in [-0.05, 0) is 36.6 Å². The zero-order valence-electron chi connectivity index (χ0n) is 15.7. The van der Waals surface area contributed by atoms with Crippen LogP contribution in [0.5, 0.6) is 11.5 Å². The number of hydrazone groups is 1. The molecule has 1 aromatic rings. The van der Waals surface area contributed by atoms with Gasteiger partial charge >= 0.3 is 0 Å². The lowest BCUT2D eigenvalue weighted by atomic mass is 9.90. The number of benzene rings is 1. The normalized spacial score (nSPS) is 11.6. The van der Waals surface area contributed by atoms with Crippen molar-refractivity contribution in [2.45, 2.75) is 58.0 Å². The van der Waals surface area contributed by atoms with Crippen molar-refractivity contribution in [3.8, 4) is 11.5 Å². The maximum Gasteiger partial charge on any atom is 0.271 e. The quantitative estimate of drug-likeness (QED) is 0.474. The molecule has 0 fully saturated rings. The Balaban J connectivity index is 2.76. The SMILES string of the molecule is CCCCC(O)(CCCC)C(=O)N/N=C/c1ccc(OC)c(OC)c1. The van der Waals surface area contributed by atoms with E-state index in [0.717, 1.165) is 31.2 Å². The molecule has 0 saturated carbocycles. The third kappa shape index (κ3) is 6.38. The number of hydrogen-bond acceptors (Lipinski definition) is 5. The minimum absolute atomic E-state index is 0.446. The first-order valence-corrected chi connectivity index (χ1v) is 8.78. The highest BCUT2D eigenvalue weighted by Gasteiger charge is 2.34. The molecule has 0 spiro atoms. The summed E-state index contributed by atoms with van der Waals surface area (Å²) >= 11 is 0. The molecular weight excluding hydrogens is 320 g/mol. The number of aliphatic hydroxyl groups is 1. The van der Waals surface area contributed by atoms with Crippen molar-refractivity contribution in [3.05, 3.63) is 23.8 Å². The minimum atomic E-state index is -1.36. The number of carbonyl (C=O) groups excluding carboxylic acids is 1. The third-order valence-corrected chi connectivity index (χ3v) is 4.10. The number of unbranched alkanes of at least 4 members (excludes halogenated alkanes) is 2. The van der Waals surface area contributed by atoms with E-state index >= 15 is 0 Å². The molecule has 0 aliphatic rings. The molecule has 0 radical (unpaired) electrons. The van der Waals surface area contributed by atoms with Gasteiger partial charge in [-0.1, -0.05) is 39.5 Å². The van der Waals surface area contributed by atoms with Crippen LogP contribution in [-0.4, -0.2) is 37.0 Å². The molecule has 0 aliphatic carbocycles. The van der Waals surface area contributed by atoms with E-state index in [1.54, 1.807) is 32.4 Å². The fraction of sp³-hybridized carbons (Fsp3) is 0.579. The van der Waals surface area contributed by atoms with Crippen LogP contribution in [-0.2, 0) is 4.79 Å². The Morgan fingerprint density at radius 1 is 1.16 bits per heavy atom. The van der Waals surface area contributed by atoms with E-state index in [4.69, 9.17) is 9.47 Å². The Morgan fingerprint density at radius 2 is 1.76 bits per heavy atom. The Bertz CT molecular complexity index is 565. The van der Waals surface area contributed by atoms with E-state index in [-0.39, 0.29) is 0 Å². The van der Waals surface area contributed by atoms with Gasteiger partial charge in [0.15, 0.2) is 11.5 Å². The van der Waals surface area contributed by atoms with Crippen molar-refractivity contribution in [1.29, 1.82) is 0 Å². The average Bonchev–Trinajstić information content (AvgIpc) is 2.64. The van der Waals surface area contributed by atoms with Crippen LogP contribution >= 0.6 is 0 Å². The molecule has 1 rings (SSSR count). The van der Waals surface area contributed by atoms with Gasteiger partial charge in [0.2, 0.25) is 0 Å². The molecule has 0 unspecified atom stereocenters. The van der Waals surface area contributed by atoms with Crippen molar-refractivity contribution in [2.24, 2.45) is 5.10 Å². The molecule has 1 aromatic carbocycles. The van der Waals surface area contributed by atoms with Crippen LogP contribution in [0.25, 0.3) is 0 Å². The molecule has 140 valence electrons. The highest BCUT2D eigenvalue weighted by molar-refractivity contribution is 5.87. The first-order chi connectivity index (χ1) is 12.0. The molecule has 0 atom stereocenters. The first kappa shape index (κ1) is 21.0. The molecule has 6 nitrogen and oxygen atoms in total. The summed E-state index contributed by atoms with van der Waals surface area (Å²) in [5.74, 6) is 0.753. The summed E-state index contributed by atoms with van der Waals surface area (Å²) < 4.78 is 10.4. The van der Waals surface area contributed by atoms with E-state index in [0.29, 0.717) is 24.3 Å². The van der Waals surface area contributed by atoms with Gasteiger partial charge < -0.3 is 14.6 Å². The average molecular weight is 350 g/mol. The maximum absolute atomic E-state index is 12.4. The van der Waals surface area contributed by atoms with Gasteiger partial charge in [-0.3, -0.25) is 4.79 Å². The van der Waals surface area contributed by atoms with Crippen LogP contribution in [0.2, 0.25) is 0 Å². The van der Waals surface area contributed by atoms with Crippen molar-refractivity contribution < 1.29 is 19.4 Å². The fourth-order valence-corrected chi connectivity index (χ4v) is 2.49. The van der Waals surface area contributed by atoms with Crippen molar-refractivity contribution in [2.75, 3.05) is 14.2 Å². The van der Waals surface area contributed by atoms with Gasteiger partial charge in [-0.2, -0.15) is 5.10 Å². The topological polar surface area (TPSA) is 80.2 Å². The summed E-state index contributed by atoms with van der Waals surface area (Å²) in [4.78, 5) is 12.4. The standard InChI is InChI=1S/C19H30N2O4/c1-5-7-11-19(23,12-8-6-2)18(22)21-20-14-15-9-10-16(24-3)17(13-15)25-4/h9-10,13-14,23H,5-8,11-12H2,1-4H3,(H,21,22)/b20-14+. The Morgan fingerprint density at radius 3 is 2.28 bits per heavy atom. The van der Waals surface area contributed by atoms with E-state index in [9.17, 15) is 9.90 Å². The maximum atomic E-state index is 12.4. The number of rotatable bonds is 11. The molecule has 2 N–H and O–H groups in total. The lowest BCUT2D eigenvalue weighted by molar-refractivity contribution is -0.141. The van der Waals surface area contributed by atoms with Gasteiger partial charge in [-0.15, -0.1) is 0 Å². The number of amides is 1. The number of nitrogens with zero attached hydrogens (tertiary/aromatic N) is 1. The summed E-state index contributed by atoms with van der Waals surface area (Å²) in [7, 11) is 3.13. The summed E-state index contributed by atoms with van der Waals surface area (Å²) in [5.41, 5.74) is 1.86. The highest BCUT2D eigenvalue weighted by Crippen LogP contribution is 2.27. The van der Waals surface area contributed by atoms with Crippen LogP contribution in [0, 0.1) is 0 Å². The van der Waals surface area contributed by atoms with Crippen LogP contribution in [0.4, 0.5) is 0 Å². The van der Waals surface area contributed by atoms with Crippen LogP contribution < -0.4 is 14.9 Å². The zero-order valence-corrected chi connectivity index (χ0v) is 15.7. The lowest BCUT2D eigenvalue weighted by Crippen LogP contribution is -2.45. The zero-order chi connectivity index (χ0) is 18.7. The van der Waals surface area contributed by atoms with Crippen LogP contribution in [0.1, 0.15) is 57.9 Å². The third-order valence-electron chi connectivity index (χ3n) is 4.10. The van der Waals surface area contributed by atoms with Crippen LogP contribution in [0.15, 0.2) is 23.3 Å². The van der Waals surface area contributed by atoms with E-state index in [2.05, 4.69) is 10.5 Å². The van der Waals surface area contributed by atoms with Gasteiger partial charge in [0.05, 0.1) is 20.4 Å². The number of nitrogens with one attached hydrogen (secondary N) is 1. The smallest absolute Gasteiger partial charge is 0.271 e. The Labute approximate surface area is 150 Å². The Kier molecular flexibility index (Phi) is 8.99. The number of methoxy groups -OCH3 is 2. The first-order valence-electron chi connectivity index (χ1n) is 8.78.